The van der Waals surface area contributed by atoms with Gasteiger partial charge >= 0.3 is 0 Å². The SMILES string of the molecule is CC[C@H](C)c1cc(OC)cc(OC)c1C. The third kappa shape index (κ3) is 2.44. The highest BCUT2D eigenvalue weighted by atomic mass is 16.5. The maximum Gasteiger partial charge on any atom is 0.125 e. The predicted molar refractivity (Wildman–Crippen MR) is 63.0 cm³/mol. The summed E-state index contributed by atoms with van der Waals surface area (Å²) in [6, 6.07) is 4.03. The van der Waals surface area contributed by atoms with Gasteiger partial charge in [0, 0.05) is 6.07 Å². The Morgan fingerprint density at radius 3 is 2.33 bits per heavy atom. The van der Waals surface area contributed by atoms with Crippen molar-refractivity contribution in [1.29, 1.82) is 0 Å². The zero-order valence-electron chi connectivity index (χ0n) is 10.3. The maximum absolute atomic E-state index is 5.34. The van der Waals surface area contributed by atoms with Gasteiger partial charge < -0.3 is 9.47 Å². The summed E-state index contributed by atoms with van der Waals surface area (Å²) < 4.78 is 10.6. The van der Waals surface area contributed by atoms with Crippen LogP contribution in [-0.4, -0.2) is 14.2 Å². The molecule has 1 aromatic rings. The van der Waals surface area contributed by atoms with Crippen LogP contribution in [0.1, 0.15) is 37.3 Å². The van der Waals surface area contributed by atoms with E-state index < -0.39 is 0 Å². The van der Waals surface area contributed by atoms with Crippen LogP contribution in [-0.2, 0) is 0 Å². The molecule has 0 amide bonds. The van der Waals surface area contributed by atoms with Crippen molar-refractivity contribution in [1.82, 2.24) is 0 Å². The molecule has 0 aliphatic carbocycles. The molecule has 0 saturated heterocycles. The molecule has 0 aromatic heterocycles. The standard InChI is InChI=1S/C13H20O2/c1-6-9(2)12-7-11(14-4)8-13(15-5)10(12)3/h7-9H,6H2,1-5H3/t9-/m0/s1. The van der Waals surface area contributed by atoms with E-state index in [1.165, 1.54) is 11.1 Å². The Bertz CT molecular complexity index is 332. The summed E-state index contributed by atoms with van der Waals surface area (Å²) in [6.45, 7) is 6.51. The lowest BCUT2D eigenvalue weighted by atomic mass is 9.93. The van der Waals surface area contributed by atoms with Crippen molar-refractivity contribution in [2.75, 3.05) is 14.2 Å². The van der Waals surface area contributed by atoms with Crippen LogP contribution in [0.25, 0.3) is 0 Å². The first-order valence-corrected chi connectivity index (χ1v) is 5.36. The zero-order valence-corrected chi connectivity index (χ0v) is 10.3. The zero-order chi connectivity index (χ0) is 11.4. The molecule has 0 radical (unpaired) electrons. The van der Waals surface area contributed by atoms with Crippen LogP contribution < -0.4 is 9.47 Å². The molecule has 1 rings (SSSR count). The lowest BCUT2D eigenvalue weighted by Crippen LogP contribution is -1.99. The van der Waals surface area contributed by atoms with Crippen LogP contribution in [0.15, 0.2) is 12.1 Å². The van der Waals surface area contributed by atoms with Crippen molar-refractivity contribution in [3.8, 4) is 11.5 Å². The Balaban J connectivity index is 3.23. The van der Waals surface area contributed by atoms with Gasteiger partial charge in [0.1, 0.15) is 11.5 Å². The third-order valence-corrected chi connectivity index (χ3v) is 2.97. The fourth-order valence-electron chi connectivity index (χ4n) is 1.74. The first-order valence-electron chi connectivity index (χ1n) is 5.36. The van der Waals surface area contributed by atoms with Crippen molar-refractivity contribution in [2.45, 2.75) is 33.1 Å². The molecule has 1 aromatic carbocycles. The molecule has 0 heterocycles. The van der Waals surface area contributed by atoms with Crippen LogP contribution in [0.2, 0.25) is 0 Å². The molecule has 0 aliphatic rings. The van der Waals surface area contributed by atoms with Crippen LogP contribution >= 0.6 is 0 Å². The van der Waals surface area contributed by atoms with Gasteiger partial charge in [-0.15, -0.1) is 0 Å². The number of ether oxygens (including phenoxy) is 2. The average molecular weight is 208 g/mol. The third-order valence-electron chi connectivity index (χ3n) is 2.97. The Kier molecular flexibility index (Phi) is 4.01. The summed E-state index contributed by atoms with van der Waals surface area (Å²) in [5, 5.41) is 0. The number of benzene rings is 1. The van der Waals surface area contributed by atoms with E-state index >= 15 is 0 Å². The van der Waals surface area contributed by atoms with Gasteiger partial charge in [0.25, 0.3) is 0 Å². The van der Waals surface area contributed by atoms with E-state index in [2.05, 4.69) is 26.8 Å². The number of methoxy groups -OCH3 is 2. The fourth-order valence-corrected chi connectivity index (χ4v) is 1.74. The van der Waals surface area contributed by atoms with E-state index in [1.807, 2.05) is 6.07 Å². The molecule has 0 fully saturated rings. The Hall–Kier alpha value is -1.18. The first kappa shape index (κ1) is 11.9. The van der Waals surface area contributed by atoms with Gasteiger partial charge in [0.2, 0.25) is 0 Å². The van der Waals surface area contributed by atoms with Crippen LogP contribution in [0.3, 0.4) is 0 Å². The number of rotatable bonds is 4. The molecule has 1 atom stereocenters. The van der Waals surface area contributed by atoms with Gasteiger partial charge in [-0.05, 0) is 36.5 Å². The quantitative estimate of drug-likeness (QED) is 0.753. The lowest BCUT2D eigenvalue weighted by Gasteiger charge is -2.17. The Morgan fingerprint density at radius 2 is 1.87 bits per heavy atom. The summed E-state index contributed by atoms with van der Waals surface area (Å²) in [7, 11) is 3.38. The van der Waals surface area contributed by atoms with Gasteiger partial charge in [-0.25, -0.2) is 0 Å². The molecular formula is C13H20O2. The highest BCUT2D eigenvalue weighted by Gasteiger charge is 2.12. The molecule has 84 valence electrons. The first-order chi connectivity index (χ1) is 7.13. The van der Waals surface area contributed by atoms with Crippen LogP contribution in [0.5, 0.6) is 11.5 Å². The minimum atomic E-state index is 0.536. The van der Waals surface area contributed by atoms with Gasteiger partial charge in [-0.3, -0.25) is 0 Å². The van der Waals surface area contributed by atoms with Crippen LogP contribution in [0, 0.1) is 6.92 Å². The molecular weight excluding hydrogens is 188 g/mol. The largest absolute Gasteiger partial charge is 0.497 e. The lowest BCUT2D eigenvalue weighted by molar-refractivity contribution is 0.390. The highest BCUT2D eigenvalue weighted by molar-refractivity contribution is 5.47. The van der Waals surface area contributed by atoms with E-state index in [1.54, 1.807) is 14.2 Å². The molecule has 0 spiro atoms. The van der Waals surface area contributed by atoms with Crippen molar-refractivity contribution >= 4 is 0 Å². The minimum Gasteiger partial charge on any atom is -0.497 e. The van der Waals surface area contributed by atoms with Crippen LogP contribution in [0.4, 0.5) is 0 Å². The van der Waals surface area contributed by atoms with Gasteiger partial charge in [-0.2, -0.15) is 0 Å². The summed E-state index contributed by atoms with van der Waals surface area (Å²) >= 11 is 0. The fraction of sp³-hybridized carbons (Fsp3) is 0.538. The predicted octanol–water partition coefficient (Wildman–Crippen LogP) is 3.53. The Morgan fingerprint density at radius 1 is 1.20 bits per heavy atom. The summed E-state index contributed by atoms with van der Waals surface area (Å²) in [5.41, 5.74) is 2.53. The molecule has 2 heteroatoms. The Labute approximate surface area is 92.2 Å². The van der Waals surface area contributed by atoms with E-state index in [9.17, 15) is 0 Å². The minimum absolute atomic E-state index is 0.536. The van der Waals surface area contributed by atoms with Gasteiger partial charge in [-0.1, -0.05) is 13.8 Å². The van der Waals surface area contributed by atoms with Crippen molar-refractivity contribution in [2.24, 2.45) is 0 Å². The normalized spacial score (nSPS) is 12.3. The molecule has 0 bridgehead atoms. The molecule has 15 heavy (non-hydrogen) atoms. The summed E-state index contributed by atoms with van der Waals surface area (Å²) in [6.07, 6.45) is 1.12. The monoisotopic (exact) mass is 208 g/mol. The molecule has 2 nitrogen and oxygen atoms in total. The van der Waals surface area contributed by atoms with Crippen molar-refractivity contribution < 1.29 is 9.47 Å². The topological polar surface area (TPSA) is 18.5 Å². The number of hydrogen-bond acceptors (Lipinski definition) is 2. The molecule has 0 saturated carbocycles. The second kappa shape index (κ2) is 5.06. The second-order valence-corrected chi connectivity index (χ2v) is 3.85. The smallest absolute Gasteiger partial charge is 0.125 e. The van der Waals surface area contributed by atoms with Crippen molar-refractivity contribution in [3.05, 3.63) is 23.3 Å². The summed E-state index contributed by atoms with van der Waals surface area (Å²) in [4.78, 5) is 0. The van der Waals surface area contributed by atoms with E-state index in [0.717, 1.165) is 17.9 Å². The molecule has 0 unspecified atom stereocenters. The van der Waals surface area contributed by atoms with E-state index in [0.29, 0.717) is 5.92 Å². The second-order valence-electron chi connectivity index (χ2n) is 3.85. The van der Waals surface area contributed by atoms with Gasteiger partial charge in [0.15, 0.2) is 0 Å². The van der Waals surface area contributed by atoms with Crippen molar-refractivity contribution in [3.63, 3.8) is 0 Å². The molecule has 0 aliphatic heterocycles. The van der Waals surface area contributed by atoms with Gasteiger partial charge in [0.05, 0.1) is 14.2 Å². The number of hydrogen-bond donors (Lipinski definition) is 0. The van der Waals surface area contributed by atoms with E-state index in [-0.39, 0.29) is 0 Å². The molecule has 0 N–H and O–H groups in total. The average Bonchev–Trinajstić information content (AvgIpc) is 2.28. The highest BCUT2D eigenvalue weighted by Crippen LogP contribution is 2.33. The van der Waals surface area contributed by atoms with E-state index in [4.69, 9.17) is 9.47 Å². The summed E-state index contributed by atoms with van der Waals surface area (Å²) in [5.74, 6) is 2.31. The maximum atomic E-state index is 5.34.